The molecule has 0 aliphatic heterocycles. The third kappa shape index (κ3) is 5.07. The number of halogens is 2. The van der Waals surface area contributed by atoms with Gasteiger partial charge in [0.2, 0.25) is 5.91 Å². The number of carbonyl (C=O) groups is 1. The predicted octanol–water partition coefficient (Wildman–Crippen LogP) is 4.92. The smallest absolute Gasteiger partial charge is 0.271 e. The topological polar surface area (TPSA) is 107 Å². The molecule has 0 aliphatic rings. The van der Waals surface area contributed by atoms with Crippen molar-refractivity contribution in [2.45, 2.75) is 23.9 Å². The van der Waals surface area contributed by atoms with E-state index in [9.17, 15) is 19.7 Å². The lowest BCUT2D eigenvalue weighted by Crippen LogP contribution is -2.27. The van der Waals surface area contributed by atoms with Gasteiger partial charge in [0.25, 0.3) is 11.2 Å². The van der Waals surface area contributed by atoms with Crippen LogP contribution in [0.15, 0.2) is 59.0 Å². The van der Waals surface area contributed by atoms with Crippen LogP contribution in [0.2, 0.25) is 10.0 Å². The third-order valence-electron chi connectivity index (χ3n) is 4.26. The number of nitrogens with one attached hydrogen (secondary N) is 1. The molecule has 0 saturated carbocycles. The summed E-state index contributed by atoms with van der Waals surface area (Å²) < 4.78 is 1.41. The Morgan fingerprint density at radius 2 is 2.10 bits per heavy atom. The van der Waals surface area contributed by atoms with Crippen LogP contribution >= 0.6 is 35.0 Å². The number of carbonyl (C=O) groups excluding carboxylic acids is 1. The first-order chi connectivity index (χ1) is 14.7. The maximum Gasteiger partial charge on any atom is 0.271 e. The first kappa shape index (κ1) is 22.8. The highest BCUT2D eigenvalue weighted by Gasteiger charge is 2.21. The Hall–Kier alpha value is -2.88. The molecule has 31 heavy (non-hydrogen) atoms. The Bertz CT molecular complexity index is 1260. The summed E-state index contributed by atoms with van der Waals surface area (Å²) in [5.41, 5.74) is 0.0519. The van der Waals surface area contributed by atoms with Crippen LogP contribution in [0.3, 0.4) is 0 Å². The number of hydrogen-bond donors (Lipinski definition) is 1. The number of non-ortho nitro benzene ring substituents is 1. The molecule has 1 unspecified atom stereocenters. The number of aromatic nitrogens is 2. The molecule has 1 aromatic heterocycles. The van der Waals surface area contributed by atoms with Gasteiger partial charge >= 0.3 is 0 Å². The average Bonchev–Trinajstić information content (AvgIpc) is 2.72. The number of fused-ring (bicyclic) bond motifs is 1. The average molecular weight is 479 g/mol. The van der Waals surface area contributed by atoms with Gasteiger partial charge in [0.05, 0.1) is 31.8 Å². The lowest BCUT2D eigenvalue weighted by Gasteiger charge is -2.16. The van der Waals surface area contributed by atoms with E-state index in [1.807, 2.05) is 0 Å². The quantitative estimate of drug-likeness (QED) is 0.170. The second-order valence-corrected chi connectivity index (χ2v) is 8.58. The largest absolute Gasteiger partial charge is 0.324 e. The van der Waals surface area contributed by atoms with E-state index in [0.29, 0.717) is 21.1 Å². The molecular formula is C20H16Cl2N4O4S. The molecule has 2 aromatic carbocycles. The number of anilines is 1. The predicted molar refractivity (Wildman–Crippen MR) is 123 cm³/mol. The summed E-state index contributed by atoms with van der Waals surface area (Å²) in [4.78, 5) is 40.5. The summed E-state index contributed by atoms with van der Waals surface area (Å²) in [7, 11) is 0. The molecule has 11 heteroatoms. The minimum absolute atomic E-state index is 0.120. The van der Waals surface area contributed by atoms with Gasteiger partial charge in [-0.2, -0.15) is 0 Å². The molecular weight excluding hydrogens is 463 g/mol. The molecule has 1 atom stereocenters. The van der Waals surface area contributed by atoms with Crippen LogP contribution in [0.4, 0.5) is 11.4 Å². The number of rotatable bonds is 7. The van der Waals surface area contributed by atoms with Crippen molar-refractivity contribution in [1.29, 1.82) is 0 Å². The fourth-order valence-corrected chi connectivity index (χ4v) is 3.97. The summed E-state index contributed by atoms with van der Waals surface area (Å²) in [5, 5.41) is 14.2. The highest BCUT2D eigenvalue weighted by Crippen LogP contribution is 2.29. The summed E-state index contributed by atoms with van der Waals surface area (Å²) in [6.07, 6.45) is 1.56. The van der Waals surface area contributed by atoms with Crippen LogP contribution < -0.4 is 10.9 Å². The monoisotopic (exact) mass is 478 g/mol. The van der Waals surface area contributed by atoms with Crippen LogP contribution in [0.1, 0.15) is 6.92 Å². The van der Waals surface area contributed by atoms with Crippen molar-refractivity contribution in [3.63, 3.8) is 0 Å². The Balaban J connectivity index is 1.91. The van der Waals surface area contributed by atoms with Crippen LogP contribution in [-0.2, 0) is 11.3 Å². The summed E-state index contributed by atoms with van der Waals surface area (Å²) in [5.74, 6) is -0.460. The van der Waals surface area contributed by atoms with Gasteiger partial charge in [-0.1, -0.05) is 41.0 Å². The zero-order chi connectivity index (χ0) is 22.7. The van der Waals surface area contributed by atoms with Crippen molar-refractivity contribution in [2.75, 3.05) is 5.32 Å². The zero-order valence-electron chi connectivity index (χ0n) is 16.2. The number of nitro benzene ring substituents is 1. The second-order valence-electron chi connectivity index (χ2n) is 6.43. The fraction of sp³-hybridized carbons (Fsp3) is 0.150. The Labute approximate surface area is 191 Å². The number of amides is 1. The lowest BCUT2D eigenvalue weighted by molar-refractivity contribution is -0.384. The van der Waals surface area contributed by atoms with E-state index in [2.05, 4.69) is 16.9 Å². The van der Waals surface area contributed by atoms with E-state index in [4.69, 9.17) is 23.2 Å². The van der Waals surface area contributed by atoms with E-state index in [1.165, 1.54) is 22.8 Å². The number of thioether (sulfide) groups is 1. The molecule has 3 aromatic rings. The Morgan fingerprint density at radius 3 is 2.77 bits per heavy atom. The molecule has 1 N–H and O–H groups in total. The lowest BCUT2D eigenvalue weighted by atomic mass is 10.2. The normalized spacial score (nSPS) is 11.8. The molecule has 0 saturated heterocycles. The second kappa shape index (κ2) is 9.51. The van der Waals surface area contributed by atoms with Crippen LogP contribution in [-0.4, -0.2) is 25.6 Å². The molecule has 0 radical (unpaired) electrons. The van der Waals surface area contributed by atoms with Crippen molar-refractivity contribution in [3.05, 3.63) is 79.6 Å². The third-order valence-corrected chi connectivity index (χ3v) is 5.92. The molecule has 1 amide bonds. The van der Waals surface area contributed by atoms with Gasteiger partial charge in [-0.25, -0.2) is 4.98 Å². The number of benzene rings is 2. The van der Waals surface area contributed by atoms with E-state index >= 15 is 0 Å². The standard InChI is InChI=1S/C20H16Cl2N4O4S/c1-3-8-25-19(28)14-6-4-12(21)9-16(14)24-20(25)31-11(2)18(27)23-17-10-13(26(29)30)5-7-15(17)22/h3-7,9-11H,1,8H2,2H3,(H,23,27). The number of hydrogen-bond acceptors (Lipinski definition) is 6. The summed E-state index contributed by atoms with van der Waals surface area (Å²) in [6, 6.07) is 8.55. The van der Waals surface area contributed by atoms with E-state index in [-0.39, 0.29) is 28.5 Å². The van der Waals surface area contributed by atoms with E-state index < -0.39 is 16.1 Å². The Morgan fingerprint density at radius 1 is 1.35 bits per heavy atom. The molecule has 1 heterocycles. The minimum atomic E-state index is -0.699. The van der Waals surface area contributed by atoms with Gasteiger partial charge in [0, 0.05) is 23.7 Å². The fourth-order valence-electron chi connectivity index (χ4n) is 2.72. The van der Waals surface area contributed by atoms with Crippen LogP contribution in [0.5, 0.6) is 0 Å². The highest BCUT2D eigenvalue weighted by atomic mass is 35.5. The SMILES string of the molecule is C=CCn1c(SC(C)C(=O)Nc2cc([N+](=O)[O-])ccc2Cl)nc2cc(Cl)ccc2c1=O. The summed E-state index contributed by atoms with van der Waals surface area (Å²) in [6.45, 7) is 5.50. The first-order valence-electron chi connectivity index (χ1n) is 8.93. The van der Waals surface area contributed by atoms with Gasteiger partial charge in [0.15, 0.2) is 5.16 Å². The molecule has 0 aliphatic carbocycles. The van der Waals surface area contributed by atoms with Gasteiger partial charge in [-0.3, -0.25) is 24.3 Å². The van der Waals surface area contributed by atoms with Crippen molar-refractivity contribution in [2.24, 2.45) is 0 Å². The van der Waals surface area contributed by atoms with Crippen molar-refractivity contribution >= 4 is 63.1 Å². The molecule has 0 spiro atoms. The van der Waals surface area contributed by atoms with Gasteiger partial charge in [-0.15, -0.1) is 6.58 Å². The van der Waals surface area contributed by atoms with E-state index in [0.717, 1.165) is 11.8 Å². The molecule has 160 valence electrons. The maximum absolute atomic E-state index is 12.9. The zero-order valence-corrected chi connectivity index (χ0v) is 18.5. The Kier molecular flexibility index (Phi) is 6.99. The van der Waals surface area contributed by atoms with Crippen LogP contribution in [0.25, 0.3) is 10.9 Å². The number of nitrogens with zero attached hydrogens (tertiary/aromatic N) is 3. The number of allylic oxidation sites excluding steroid dienone is 1. The summed E-state index contributed by atoms with van der Waals surface area (Å²) >= 11 is 13.1. The van der Waals surface area contributed by atoms with Crippen molar-refractivity contribution in [3.8, 4) is 0 Å². The van der Waals surface area contributed by atoms with Crippen LogP contribution in [0, 0.1) is 10.1 Å². The molecule has 0 fully saturated rings. The minimum Gasteiger partial charge on any atom is -0.324 e. The van der Waals surface area contributed by atoms with Gasteiger partial charge < -0.3 is 5.32 Å². The maximum atomic E-state index is 12.9. The molecule has 8 nitrogen and oxygen atoms in total. The number of nitro groups is 1. The molecule has 0 bridgehead atoms. The van der Waals surface area contributed by atoms with Crippen molar-refractivity contribution in [1.82, 2.24) is 9.55 Å². The van der Waals surface area contributed by atoms with Gasteiger partial charge in [0.1, 0.15) is 0 Å². The van der Waals surface area contributed by atoms with Gasteiger partial charge in [-0.05, 0) is 31.2 Å². The van der Waals surface area contributed by atoms with Crippen molar-refractivity contribution < 1.29 is 9.72 Å². The molecule has 3 rings (SSSR count). The highest BCUT2D eigenvalue weighted by molar-refractivity contribution is 8.00. The first-order valence-corrected chi connectivity index (χ1v) is 10.6. The van der Waals surface area contributed by atoms with E-state index in [1.54, 1.807) is 31.2 Å².